The number of fused-ring (bicyclic) bond motifs is 1. The number of nitrogens with one attached hydrogen (secondary N) is 1. The van der Waals surface area contributed by atoms with E-state index in [4.69, 9.17) is 14.2 Å². The summed E-state index contributed by atoms with van der Waals surface area (Å²) in [5.41, 5.74) is 1.78. The lowest BCUT2D eigenvalue weighted by Crippen LogP contribution is -2.43. The zero-order valence-electron chi connectivity index (χ0n) is 18.7. The summed E-state index contributed by atoms with van der Waals surface area (Å²) < 4.78 is 16.7. The summed E-state index contributed by atoms with van der Waals surface area (Å²) in [4.78, 5) is 27.8. The molecule has 0 aliphatic carbocycles. The fourth-order valence-electron chi connectivity index (χ4n) is 3.67. The molecular formula is C24H30N2O5. The van der Waals surface area contributed by atoms with E-state index in [1.807, 2.05) is 24.8 Å². The number of carbonyl (C=O) groups excluding carboxylic acids is 2. The number of ether oxygens (including phenoxy) is 3. The van der Waals surface area contributed by atoms with Gasteiger partial charge in [-0.05, 0) is 50.1 Å². The smallest absolute Gasteiger partial charge is 0.264 e. The van der Waals surface area contributed by atoms with E-state index in [0.29, 0.717) is 41.5 Å². The molecule has 1 N–H and O–H groups in total. The average molecular weight is 427 g/mol. The van der Waals surface area contributed by atoms with Crippen molar-refractivity contribution in [1.29, 1.82) is 0 Å². The number of benzene rings is 2. The molecule has 0 radical (unpaired) electrons. The summed E-state index contributed by atoms with van der Waals surface area (Å²) in [6.07, 6.45) is 0.937. The molecule has 1 aliphatic rings. The summed E-state index contributed by atoms with van der Waals surface area (Å²) in [6, 6.07) is 10.7. The van der Waals surface area contributed by atoms with Crippen LogP contribution in [0.15, 0.2) is 36.4 Å². The standard InChI is InChI=1S/C24H30N2O5/c1-6-15(3)26-14-16-13-17(11-12-19(16)31-18(7-2)24(26)28)25-23(27)22-20(29-4)9-8-10-21(22)30-5/h8-13,15,18H,6-7,14H2,1-5H3,(H,25,27)/t15-,18+/m0/s1. The van der Waals surface area contributed by atoms with Crippen LogP contribution in [-0.2, 0) is 11.3 Å². The van der Waals surface area contributed by atoms with E-state index in [1.54, 1.807) is 30.3 Å². The number of hydrogen-bond donors (Lipinski definition) is 1. The van der Waals surface area contributed by atoms with Crippen LogP contribution in [0.5, 0.6) is 17.2 Å². The zero-order chi connectivity index (χ0) is 22.5. The molecule has 7 heteroatoms. The predicted molar refractivity (Wildman–Crippen MR) is 119 cm³/mol. The Balaban J connectivity index is 1.92. The second kappa shape index (κ2) is 9.73. The highest BCUT2D eigenvalue weighted by Gasteiger charge is 2.32. The van der Waals surface area contributed by atoms with Gasteiger partial charge in [-0.1, -0.05) is 19.9 Å². The summed E-state index contributed by atoms with van der Waals surface area (Å²) in [7, 11) is 3.02. The quantitative estimate of drug-likeness (QED) is 0.716. The molecule has 0 bridgehead atoms. The first-order chi connectivity index (χ1) is 14.9. The van der Waals surface area contributed by atoms with Gasteiger partial charge in [-0.3, -0.25) is 9.59 Å². The number of rotatable bonds is 7. The van der Waals surface area contributed by atoms with Crippen LogP contribution in [0.4, 0.5) is 5.69 Å². The Morgan fingerprint density at radius 1 is 1.19 bits per heavy atom. The number of hydrogen-bond acceptors (Lipinski definition) is 5. The van der Waals surface area contributed by atoms with Gasteiger partial charge in [0.15, 0.2) is 6.10 Å². The van der Waals surface area contributed by atoms with E-state index in [9.17, 15) is 9.59 Å². The molecule has 166 valence electrons. The van der Waals surface area contributed by atoms with Crippen molar-refractivity contribution in [3.63, 3.8) is 0 Å². The zero-order valence-corrected chi connectivity index (χ0v) is 18.7. The number of carbonyl (C=O) groups is 2. The van der Waals surface area contributed by atoms with Crippen molar-refractivity contribution >= 4 is 17.5 Å². The van der Waals surface area contributed by atoms with Crippen molar-refractivity contribution in [3.05, 3.63) is 47.5 Å². The average Bonchev–Trinajstić information content (AvgIpc) is 2.93. The molecule has 3 rings (SSSR count). The molecule has 2 aromatic rings. The molecule has 1 heterocycles. The number of nitrogens with zero attached hydrogens (tertiary/aromatic N) is 1. The minimum absolute atomic E-state index is 0.00241. The first kappa shape index (κ1) is 22.5. The number of amides is 2. The molecular weight excluding hydrogens is 396 g/mol. The van der Waals surface area contributed by atoms with Gasteiger partial charge < -0.3 is 24.4 Å². The summed E-state index contributed by atoms with van der Waals surface area (Å²) in [6.45, 7) is 6.47. The third-order valence-electron chi connectivity index (χ3n) is 5.64. The molecule has 31 heavy (non-hydrogen) atoms. The maximum atomic E-state index is 13.0. The minimum Gasteiger partial charge on any atom is -0.496 e. The SMILES string of the molecule is CC[C@H]1Oc2ccc(NC(=O)c3c(OC)cccc3OC)cc2CN([C@@H](C)CC)C1=O. The summed E-state index contributed by atoms with van der Waals surface area (Å²) in [5, 5.41) is 2.91. The maximum absolute atomic E-state index is 13.0. The van der Waals surface area contributed by atoms with Crippen molar-refractivity contribution in [2.45, 2.75) is 52.3 Å². The van der Waals surface area contributed by atoms with E-state index >= 15 is 0 Å². The van der Waals surface area contributed by atoms with Crippen LogP contribution in [0.3, 0.4) is 0 Å². The third kappa shape index (κ3) is 4.60. The highest BCUT2D eigenvalue weighted by molar-refractivity contribution is 6.08. The van der Waals surface area contributed by atoms with E-state index in [-0.39, 0.29) is 17.9 Å². The first-order valence-corrected chi connectivity index (χ1v) is 10.6. The molecule has 2 amide bonds. The highest BCUT2D eigenvalue weighted by Crippen LogP contribution is 2.32. The second-order valence-corrected chi connectivity index (χ2v) is 7.55. The molecule has 0 unspecified atom stereocenters. The van der Waals surface area contributed by atoms with Crippen molar-refractivity contribution in [3.8, 4) is 17.2 Å². The van der Waals surface area contributed by atoms with E-state index in [0.717, 1.165) is 12.0 Å². The Kier molecular flexibility index (Phi) is 7.05. The molecule has 0 saturated heterocycles. The molecule has 2 atom stereocenters. The Hall–Kier alpha value is -3.22. The van der Waals surface area contributed by atoms with Gasteiger partial charge in [0.05, 0.1) is 14.2 Å². The van der Waals surface area contributed by atoms with Crippen LogP contribution in [0, 0.1) is 0 Å². The van der Waals surface area contributed by atoms with E-state index in [1.165, 1.54) is 14.2 Å². The predicted octanol–water partition coefficient (Wildman–Crippen LogP) is 4.25. The van der Waals surface area contributed by atoms with Crippen LogP contribution in [0.2, 0.25) is 0 Å². The lowest BCUT2D eigenvalue weighted by molar-refractivity contribution is -0.140. The lowest BCUT2D eigenvalue weighted by atomic mass is 10.1. The lowest BCUT2D eigenvalue weighted by Gasteiger charge is -2.28. The molecule has 0 saturated carbocycles. The minimum atomic E-state index is -0.506. The van der Waals surface area contributed by atoms with Gasteiger partial charge in [0.25, 0.3) is 11.8 Å². The monoisotopic (exact) mass is 426 g/mol. The largest absolute Gasteiger partial charge is 0.496 e. The molecule has 2 aromatic carbocycles. The van der Waals surface area contributed by atoms with Gasteiger partial charge in [0.2, 0.25) is 0 Å². The summed E-state index contributed by atoms with van der Waals surface area (Å²) in [5.74, 6) is 1.17. The van der Waals surface area contributed by atoms with Gasteiger partial charge in [-0.25, -0.2) is 0 Å². The Bertz CT molecular complexity index is 937. The van der Waals surface area contributed by atoms with E-state index in [2.05, 4.69) is 12.2 Å². The van der Waals surface area contributed by atoms with Crippen LogP contribution in [0.1, 0.15) is 49.5 Å². The van der Waals surface area contributed by atoms with E-state index < -0.39 is 6.10 Å². The van der Waals surface area contributed by atoms with Crippen LogP contribution in [-0.4, -0.2) is 43.1 Å². The second-order valence-electron chi connectivity index (χ2n) is 7.55. The van der Waals surface area contributed by atoms with Gasteiger partial charge in [0, 0.05) is 23.8 Å². The Labute approximate surface area is 183 Å². The van der Waals surface area contributed by atoms with Crippen LogP contribution >= 0.6 is 0 Å². The fourth-order valence-corrected chi connectivity index (χ4v) is 3.67. The van der Waals surface area contributed by atoms with Gasteiger partial charge >= 0.3 is 0 Å². The normalized spacial score (nSPS) is 16.6. The van der Waals surface area contributed by atoms with Crippen molar-refractivity contribution in [2.75, 3.05) is 19.5 Å². The number of methoxy groups -OCH3 is 2. The molecule has 0 spiro atoms. The third-order valence-corrected chi connectivity index (χ3v) is 5.64. The number of anilines is 1. The van der Waals surface area contributed by atoms with Gasteiger partial charge in [-0.15, -0.1) is 0 Å². The molecule has 7 nitrogen and oxygen atoms in total. The maximum Gasteiger partial charge on any atom is 0.264 e. The Morgan fingerprint density at radius 3 is 2.45 bits per heavy atom. The fraction of sp³-hybridized carbons (Fsp3) is 0.417. The summed E-state index contributed by atoms with van der Waals surface area (Å²) >= 11 is 0. The topological polar surface area (TPSA) is 77.1 Å². The first-order valence-electron chi connectivity index (χ1n) is 10.6. The molecule has 0 aromatic heterocycles. The van der Waals surface area contributed by atoms with Crippen LogP contribution < -0.4 is 19.5 Å². The van der Waals surface area contributed by atoms with Crippen LogP contribution in [0.25, 0.3) is 0 Å². The Morgan fingerprint density at radius 2 is 1.87 bits per heavy atom. The molecule has 1 aliphatic heterocycles. The van der Waals surface area contributed by atoms with Crippen molar-refractivity contribution < 1.29 is 23.8 Å². The van der Waals surface area contributed by atoms with Crippen molar-refractivity contribution in [2.24, 2.45) is 0 Å². The van der Waals surface area contributed by atoms with Gasteiger partial charge in [0.1, 0.15) is 22.8 Å². The van der Waals surface area contributed by atoms with Crippen molar-refractivity contribution in [1.82, 2.24) is 4.90 Å². The highest BCUT2D eigenvalue weighted by atomic mass is 16.5. The van der Waals surface area contributed by atoms with Gasteiger partial charge in [-0.2, -0.15) is 0 Å². The molecule has 0 fully saturated rings.